The molecule has 0 spiro atoms. The number of hydrogen-bond acceptors (Lipinski definition) is 6. The van der Waals surface area contributed by atoms with Crippen molar-refractivity contribution in [1.82, 2.24) is 0 Å². The summed E-state index contributed by atoms with van der Waals surface area (Å²) >= 11 is 0. The molecule has 1 saturated carbocycles. The second-order valence-electron chi connectivity index (χ2n) is 6.02. The summed E-state index contributed by atoms with van der Waals surface area (Å²) in [5.74, 6) is 5.43. The van der Waals surface area contributed by atoms with Crippen LogP contribution in [0.25, 0.3) is 0 Å². The highest BCUT2D eigenvalue weighted by atomic mass is 16.5. The Morgan fingerprint density at radius 2 is 2.08 bits per heavy atom. The number of rotatable bonds is 6. The molecule has 1 heterocycles. The molecule has 126 valence electrons. The standard InChI is InChI=1S/C18H20N2O4/c19-20-12-18(8-4-9-18)17(22)16-15(14(21)7-10-23-16)24-11-13-5-2-1-3-6-13/h1-3,5-7,10,12,17,22H,4,8-9,11,19H2/b20-12-. The lowest BCUT2D eigenvalue weighted by Gasteiger charge is -2.41. The van der Waals surface area contributed by atoms with Crippen molar-refractivity contribution < 1.29 is 14.3 Å². The number of benzene rings is 1. The third-order valence-corrected chi connectivity index (χ3v) is 4.50. The van der Waals surface area contributed by atoms with Crippen molar-refractivity contribution in [2.24, 2.45) is 16.4 Å². The minimum atomic E-state index is -1.03. The summed E-state index contributed by atoms with van der Waals surface area (Å²) in [6, 6.07) is 10.8. The van der Waals surface area contributed by atoms with Crippen molar-refractivity contribution in [3.8, 4) is 5.75 Å². The van der Waals surface area contributed by atoms with Crippen molar-refractivity contribution in [3.63, 3.8) is 0 Å². The third-order valence-electron chi connectivity index (χ3n) is 4.50. The number of aliphatic hydroxyl groups excluding tert-OH is 1. The molecule has 1 aromatic heterocycles. The zero-order chi connectivity index (χ0) is 17.0. The van der Waals surface area contributed by atoms with E-state index >= 15 is 0 Å². The molecule has 2 aromatic rings. The Bertz CT molecular complexity index is 766. The third kappa shape index (κ3) is 3.05. The molecular weight excluding hydrogens is 308 g/mol. The lowest BCUT2D eigenvalue weighted by atomic mass is 9.65. The van der Waals surface area contributed by atoms with Crippen LogP contribution in [0.15, 0.2) is 57.0 Å². The lowest BCUT2D eigenvalue weighted by molar-refractivity contribution is 0.00174. The van der Waals surface area contributed by atoms with Gasteiger partial charge in [-0.15, -0.1) is 0 Å². The summed E-state index contributed by atoms with van der Waals surface area (Å²) in [4.78, 5) is 12.2. The zero-order valence-corrected chi connectivity index (χ0v) is 13.2. The fourth-order valence-electron chi connectivity index (χ4n) is 2.95. The van der Waals surface area contributed by atoms with E-state index in [2.05, 4.69) is 5.10 Å². The van der Waals surface area contributed by atoms with Gasteiger partial charge < -0.3 is 20.1 Å². The number of hydrogen-bond donors (Lipinski definition) is 2. The molecule has 6 heteroatoms. The summed E-state index contributed by atoms with van der Waals surface area (Å²) in [5.41, 5.74) is -0.00913. The highest BCUT2D eigenvalue weighted by molar-refractivity contribution is 5.68. The van der Waals surface area contributed by atoms with Crippen LogP contribution >= 0.6 is 0 Å². The molecule has 6 nitrogen and oxygen atoms in total. The molecule has 24 heavy (non-hydrogen) atoms. The van der Waals surface area contributed by atoms with Crippen LogP contribution in [0.4, 0.5) is 0 Å². The van der Waals surface area contributed by atoms with Gasteiger partial charge in [0.1, 0.15) is 12.7 Å². The Balaban J connectivity index is 1.88. The van der Waals surface area contributed by atoms with Crippen molar-refractivity contribution in [2.45, 2.75) is 32.0 Å². The number of nitrogens with two attached hydrogens (primary N) is 1. The monoisotopic (exact) mass is 328 g/mol. The van der Waals surface area contributed by atoms with Crippen molar-refractivity contribution in [3.05, 3.63) is 64.2 Å². The van der Waals surface area contributed by atoms with Crippen LogP contribution in [0.1, 0.15) is 36.7 Å². The average molecular weight is 328 g/mol. The van der Waals surface area contributed by atoms with Crippen LogP contribution in [-0.4, -0.2) is 11.3 Å². The molecule has 0 saturated heterocycles. The molecule has 3 N–H and O–H groups in total. The molecule has 0 amide bonds. The van der Waals surface area contributed by atoms with Gasteiger partial charge in [0.25, 0.3) is 0 Å². The van der Waals surface area contributed by atoms with E-state index < -0.39 is 11.5 Å². The minimum absolute atomic E-state index is 0.0329. The van der Waals surface area contributed by atoms with Crippen LogP contribution in [-0.2, 0) is 6.61 Å². The van der Waals surface area contributed by atoms with Crippen molar-refractivity contribution in [2.75, 3.05) is 0 Å². The van der Waals surface area contributed by atoms with Crippen molar-refractivity contribution >= 4 is 6.21 Å². The minimum Gasteiger partial charge on any atom is -0.482 e. The van der Waals surface area contributed by atoms with Gasteiger partial charge in [-0.3, -0.25) is 4.79 Å². The summed E-state index contributed by atoms with van der Waals surface area (Å²) < 4.78 is 11.1. The van der Waals surface area contributed by atoms with Crippen LogP contribution in [0.2, 0.25) is 0 Å². The predicted molar refractivity (Wildman–Crippen MR) is 89.7 cm³/mol. The van der Waals surface area contributed by atoms with Crippen molar-refractivity contribution in [1.29, 1.82) is 0 Å². The van der Waals surface area contributed by atoms with Gasteiger partial charge in [0.15, 0.2) is 5.76 Å². The van der Waals surface area contributed by atoms with E-state index in [1.165, 1.54) is 18.5 Å². The molecule has 3 rings (SSSR count). The molecule has 1 unspecified atom stereocenters. The first-order chi connectivity index (χ1) is 11.7. The van der Waals surface area contributed by atoms with Gasteiger partial charge in [-0.2, -0.15) is 5.10 Å². The van der Waals surface area contributed by atoms with Gasteiger partial charge in [-0.05, 0) is 18.4 Å². The lowest BCUT2D eigenvalue weighted by Crippen LogP contribution is -2.38. The molecule has 0 bridgehead atoms. The highest BCUT2D eigenvalue weighted by Gasteiger charge is 2.45. The van der Waals surface area contributed by atoms with E-state index in [1.807, 2.05) is 30.3 Å². The Morgan fingerprint density at radius 1 is 1.33 bits per heavy atom. The SMILES string of the molecule is N/N=C\C1(C(O)c2occc(=O)c2OCc2ccccc2)CCC1. The zero-order valence-electron chi connectivity index (χ0n) is 13.2. The molecular formula is C18H20N2O4. The van der Waals surface area contributed by atoms with Gasteiger partial charge in [-0.1, -0.05) is 36.8 Å². The van der Waals surface area contributed by atoms with Crippen LogP contribution < -0.4 is 16.0 Å². The Morgan fingerprint density at radius 3 is 2.71 bits per heavy atom. The number of ether oxygens (including phenoxy) is 1. The van der Waals surface area contributed by atoms with Gasteiger partial charge >= 0.3 is 0 Å². The second-order valence-corrected chi connectivity index (χ2v) is 6.02. The first kappa shape index (κ1) is 16.3. The molecule has 1 aliphatic carbocycles. The number of hydrazone groups is 1. The maximum atomic E-state index is 12.2. The molecule has 1 fully saturated rings. The Labute approximate surface area is 139 Å². The van der Waals surface area contributed by atoms with Crippen LogP contribution in [0, 0.1) is 5.41 Å². The van der Waals surface area contributed by atoms with E-state index in [0.29, 0.717) is 0 Å². The summed E-state index contributed by atoms with van der Waals surface area (Å²) in [7, 11) is 0. The smallest absolute Gasteiger partial charge is 0.227 e. The summed E-state index contributed by atoms with van der Waals surface area (Å²) in [6.45, 7) is 0.216. The maximum absolute atomic E-state index is 12.2. The van der Waals surface area contributed by atoms with Gasteiger partial charge in [0.2, 0.25) is 11.2 Å². The van der Waals surface area contributed by atoms with Gasteiger partial charge in [0.05, 0.1) is 6.26 Å². The molecule has 1 aliphatic rings. The first-order valence-electron chi connectivity index (χ1n) is 7.87. The van der Waals surface area contributed by atoms with E-state index in [-0.39, 0.29) is 23.5 Å². The quantitative estimate of drug-likeness (QED) is 0.482. The number of nitrogens with zero attached hydrogens (tertiary/aromatic N) is 1. The molecule has 1 atom stereocenters. The normalized spacial score (nSPS) is 17.4. The molecule has 0 radical (unpaired) electrons. The predicted octanol–water partition coefficient (Wildman–Crippen LogP) is 2.37. The fourth-order valence-corrected chi connectivity index (χ4v) is 2.95. The summed E-state index contributed by atoms with van der Waals surface area (Å²) in [5, 5.41) is 14.3. The van der Waals surface area contributed by atoms with E-state index in [0.717, 1.165) is 24.8 Å². The Kier molecular flexibility index (Phi) is 4.66. The maximum Gasteiger partial charge on any atom is 0.227 e. The van der Waals surface area contributed by atoms with E-state index in [9.17, 15) is 9.90 Å². The van der Waals surface area contributed by atoms with Crippen LogP contribution in [0.3, 0.4) is 0 Å². The Hall–Kier alpha value is -2.60. The van der Waals surface area contributed by atoms with E-state index in [1.54, 1.807) is 0 Å². The number of aliphatic hydroxyl groups is 1. The fraction of sp³-hybridized carbons (Fsp3) is 0.333. The molecule has 1 aromatic carbocycles. The van der Waals surface area contributed by atoms with Gasteiger partial charge in [0, 0.05) is 17.7 Å². The topological polar surface area (TPSA) is 98.0 Å². The van der Waals surface area contributed by atoms with E-state index in [4.69, 9.17) is 15.0 Å². The first-order valence-corrected chi connectivity index (χ1v) is 7.87. The van der Waals surface area contributed by atoms with Crippen LogP contribution in [0.5, 0.6) is 5.75 Å². The second kappa shape index (κ2) is 6.88. The largest absolute Gasteiger partial charge is 0.482 e. The average Bonchev–Trinajstić information content (AvgIpc) is 2.57. The highest BCUT2D eigenvalue weighted by Crippen LogP contribution is 2.50. The summed E-state index contributed by atoms with van der Waals surface area (Å²) in [6.07, 6.45) is 4.19. The van der Waals surface area contributed by atoms with Gasteiger partial charge in [-0.25, -0.2) is 0 Å². The molecule has 0 aliphatic heterocycles.